The SMILES string of the molecule is CC(C)NC(=O)C1CCN(C(=O)COc2nsnc2-c2cccc(F)c2)CC1. The third kappa shape index (κ3) is 5.03. The Hall–Kier alpha value is -2.55. The molecule has 1 aliphatic heterocycles. The molecule has 2 heterocycles. The Labute approximate surface area is 167 Å². The minimum Gasteiger partial charge on any atom is -0.465 e. The van der Waals surface area contributed by atoms with Crippen LogP contribution in [0.15, 0.2) is 24.3 Å². The molecule has 2 amide bonds. The largest absolute Gasteiger partial charge is 0.465 e. The van der Waals surface area contributed by atoms with Gasteiger partial charge >= 0.3 is 0 Å². The molecule has 0 aliphatic carbocycles. The van der Waals surface area contributed by atoms with Crippen LogP contribution in [0.25, 0.3) is 11.3 Å². The number of aromatic nitrogens is 2. The van der Waals surface area contributed by atoms with Gasteiger partial charge in [-0.3, -0.25) is 9.59 Å². The smallest absolute Gasteiger partial charge is 0.260 e. The topological polar surface area (TPSA) is 84.4 Å². The molecule has 0 atom stereocenters. The third-order valence-corrected chi connectivity index (χ3v) is 5.05. The first-order chi connectivity index (χ1) is 13.4. The van der Waals surface area contributed by atoms with Crippen molar-refractivity contribution in [2.75, 3.05) is 19.7 Å². The van der Waals surface area contributed by atoms with E-state index in [0.29, 0.717) is 37.2 Å². The van der Waals surface area contributed by atoms with Crippen molar-refractivity contribution in [3.63, 3.8) is 0 Å². The van der Waals surface area contributed by atoms with Crippen LogP contribution in [0.4, 0.5) is 4.39 Å². The van der Waals surface area contributed by atoms with Gasteiger partial charge in [-0.2, -0.15) is 4.37 Å². The molecule has 1 fully saturated rings. The van der Waals surface area contributed by atoms with Gasteiger partial charge < -0.3 is 15.0 Å². The van der Waals surface area contributed by atoms with E-state index in [1.807, 2.05) is 13.8 Å². The summed E-state index contributed by atoms with van der Waals surface area (Å²) in [5, 5.41) is 2.92. The Kier molecular flexibility index (Phi) is 6.56. The molecule has 28 heavy (non-hydrogen) atoms. The second-order valence-corrected chi connectivity index (χ2v) is 7.56. The van der Waals surface area contributed by atoms with Crippen molar-refractivity contribution in [2.24, 2.45) is 5.92 Å². The van der Waals surface area contributed by atoms with Gasteiger partial charge in [-0.05, 0) is 38.8 Å². The zero-order valence-electron chi connectivity index (χ0n) is 15.9. The van der Waals surface area contributed by atoms with Gasteiger partial charge in [0.25, 0.3) is 11.8 Å². The minimum atomic E-state index is -0.378. The van der Waals surface area contributed by atoms with Gasteiger partial charge in [0.2, 0.25) is 5.91 Å². The molecule has 0 unspecified atom stereocenters. The van der Waals surface area contributed by atoms with Gasteiger partial charge in [-0.15, -0.1) is 4.37 Å². The maximum atomic E-state index is 13.4. The van der Waals surface area contributed by atoms with Crippen LogP contribution < -0.4 is 10.1 Å². The molecule has 0 spiro atoms. The van der Waals surface area contributed by atoms with Crippen LogP contribution >= 0.6 is 11.7 Å². The standard InChI is InChI=1S/C19H23FN4O3S/c1-12(2)21-18(26)13-6-8-24(9-7-13)16(25)11-27-19-17(22-28-23-19)14-4-3-5-15(20)10-14/h3-5,10,12-13H,6-9,11H2,1-2H3,(H,21,26). The summed E-state index contributed by atoms with van der Waals surface area (Å²) in [6.07, 6.45) is 1.27. The predicted octanol–water partition coefficient (Wildman–Crippen LogP) is 2.49. The summed E-state index contributed by atoms with van der Waals surface area (Å²) in [5.74, 6) is -0.339. The number of amides is 2. The van der Waals surface area contributed by atoms with E-state index in [1.165, 1.54) is 12.1 Å². The zero-order valence-corrected chi connectivity index (χ0v) is 16.7. The highest BCUT2D eigenvalue weighted by molar-refractivity contribution is 6.99. The molecular formula is C19H23FN4O3S. The second-order valence-electron chi connectivity index (χ2n) is 7.04. The molecule has 1 N–H and O–H groups in total. The lowest BCUT2D eigenvalue weighted by Crippen LogP contribution is -2.45. The number of ether oxygens (including phenoxy) is 1. The van der Waals surface area contributed by atoms with Crippen molar-refractivity contribution in [3.05, 3.63) is 30.1 Å². The number of benzene rings is 1. The van der Waals surface area contributed by atoms with Crippen molar-refractivity contribution < 1.29 is 18.7 Å². The summed E-state index contributed by atoms with van der Waals surface area (Å²) in [5.41, 5.74) is 0.967. The van der Waals surface area contributed by atoms with E-state index in [2.05, 4.69) is 14.1 Å². The van der Waals surface area contributed by atoms with Crippen LogP contribution in [-0.2, 0) is 9.59 Å². The Morgan fingerprint density at radius 3 is 2.75 bits per heavy atom. The molecule has 0 bridgehead atoms. The molecule has 1 aliphatic rings. The molecular weight excluding hydrogens is 383 g/mol. The monoisotopic (exact) mass is 406 g/mol. The number of rotatable bonds is 6. The van der Waals surface area contributed by atoms with Crippen molar-refractivity contribution in [2.45, 2.75) is 32.7 Å². The quantitative estimate of drug-likeness (QED) is 0.797. The maximum Gasteiger partial charge on any atom is 0.260 e. The number of likely N-dealkylation sites (tertiary alicyclic amines) is 1. The first-order valence-corrected chi connectivity index (χ1v) is 9.96. The highest BCUT2D eigenvalue weighted by Crippen LogP contribution is 2.28. The van der Waals surface area contributed by atoms with E-state index in [4.69, 9.17) is 4.74 Å². The Morgan fingerprint density at radius 1 is 1.32 bits per heavy atom. The van der Waals surface area contributed by atoms with E-state index in [1.54, 1.807) is 17.0 Å². The van der Waals surface area contributed by atoms with Crippen molar-refractivity contribution in [1.82, 2.24) is 19.0 Å². The summed E-state index contributed by atoms with van der Waals surface area (Å²) >= 11 is 0.946. The lowest BCUT2D eigenvalue weighted by molar-refractivity contribution is -0.137. The number of nitrogens with zero attached hydrogens (tertiary/aromatic N) is 3. The lowest BCUT2D eigenvalue weighted by Gasteiger charge is -2.31. The summed E-state index contributed by atoms with van der Waals surface area (Å²) in [6.45, 7) is 4.73. The minimum absolute atomic E-state index is 0.0478. The van der Waals surface area contributed by atoms with Gasteiger partial charge in [0.1, 0.15) is 11.5 Å². The van der Waals surface area contributed by atoms with Crippen LogP contribution in [0, 0.1) is 11.7 Å². The molecule has 0 saturated carbocycles. The number of hydrogen-bond acceptors (Lipinski definition) is 6. The highest BCUT2D eigenvalue weighted by atomic mass is 32.1. The number of carbonyl (C=O) groups is 2. The summed E-state index contributed by atoms with van der Waals surface area (Å²) in [7, 11) is 0. The number of carbonyl (C=O) groups excluding carboxylic acids is 2. The number of hydrogen-bond donors (Lipinski definition) is 1. The zero-order chi connectivity index (χ0) is 20.1. The molecule has 9 heteroatoms. The van der Waals surface area contributed by atoms with Gasteiger partial charge in [0.05, 0.1) is 11.7 Å². The molecule has 1 saturated heterocycles. The van der Waals surface area contributed by atoms with Gasteiger partial charge in [-0.1, -0.05) is 12.1 Å². The van der Waals surface area contributed by atoms with E-state index in [-0.39, 0.29) is 42.1 Å². The van der Waals surface area contributed by atoms with Crippen molar-refractivity contribution in [3.8, 4) is 17.1 Å². The third-order valence-electron chi connectivity index (χ3n) is 4.54. The van der Waals surface area contributed by atoms with E-state index in [0.717, 1.165) is 11.7 Å². The van der Waals surface area contributed by atoms with Crippen LogP contribution in [-0.4, -0.2) is 51.2 Å². The fourth-order valence-corrected chi connectivity index (χ4v) is 3.62. The fraction of sp³-hybridized carbons (Fsp3) is 0.474. The Morgan fingerprint density at radius 2 is 2.07 bits per heavy atom. The Balaban J connectivity index is 1.52. The summed E-state index contributed by atoms with van der Waals surface area (Å²) in [4.78, 5) is 26.2. The van der Waals surface area contributed by atoms with E-state index in [9.17, 15) is 14.0 Å². The van der Waals surface area contributed by atoms with Crippen LogP contribution in [0.1, 0.15) is 26.7 Å². The van der Waals surface area contributed by atoms with Crippen LogP contribution in [0.5, 0.6) is 5.88 Å². The molecule has 1 aromatic carbocycles. The lowest BCUT2D eigenvalue weighted by atomic mass is 9.95. The second kappa shape index (κ2) is 9.09. The van der Waals surface area contributed by atoms with E-state index < -0.39 is 0 Å². The van der Waals surface area contributed by atoms with Crippen LogP contribution in [0.3, 0.4) is 0 Å². The first kappa shape index (κ1) is 20.2. The molecule has 0 radical (unpaired) electrons. The molecule has 2 aromatic rings. The number of nitrogens with one attached hydrogen (secondary N) is 1. The van der Waals surface area contributed by atoms with Crippen molar-refractivity contribution >= 4 is 23.5 Å². The number of piperidine rings is 1. The van der Waals surface area contributed by atoms with Gasteiger partial charge in [0, 0.05) is 30.6 Å². The first-order valence-electron chi connectivity index (χ1n) is 9.23. The normalized spacial score (nSPS) is 14.9. The summed E-state index contributed by atoms with van der Waals surface area (Å²) in [6, 6.07) is 6.09. The highest BCUT2D eigenvalue weighted by Gasteiger charge is 2.28. The average Bonchev–Trinajstić information content (AvgIpc) is 3.14. The Bertz CT molecular complexity index is 834. The van der Waals surface area contributed by atoms with Gasteiger partial charge in [-0.25, -0.2) is 4.39 Å². The molecule has 1 aromatic heterocycles. The van der Waals surface area contributed by atoms with Crippen molar-refractivity contribution in [1.29, 1.82) is 0 Å². The molecule has 150 valence electrons. The molecule has 7 nitrogen and oxygen atoms in total. The number of halogens is 1. The van der Waals surface area contributed by atoms with Gasteiger partial charge in [0.15, 0.2) is 6.61 Å². The summed E-state index contributed by atoms with van der Waals surface area (Å²) < 4.78 is 27.2. The molecule has 3 rings (SSSR count). The maximum absolute atomic E-state index is 13.4. The average molecular weight is 406 g/mol. The van der Waals surface area contributed by atoms with E-state index >= 15 is 0 Å². The van der Waals surface area contributed by atoms with Crippen LogP contribution in [0.2, 0.25) is 0 Å². The predicted molar refractivity (Wildman–Crippen MR) is 103 cm³/mol. The fourth-order valence-electron chi connectivity index (χ4n) is 3.10.